The maximum Gasteiger partial charge on any atom is 0.189 e. The van der Waals surface area contributed by atoms with Gasteiger partial charge >= 0.3 is 0 Å². The van der Waals surface area contributed by atoms with Crippen LogP contribution >= 0.6 is 0 Å². The number of phenols is 1. The zero-order valence-corrected chi connectivity index (χ0v) is 8.64. The lowest BCUT2D eigenvalue weighted by molar-refractivity contribution is 0.132. The van der Waals surface area contributed by atoms with Crippen molar-refractivity contribution in [1.82, 2.24) is 5.32 Å². The fourth-order valence-corrected chi connectivity index (χ4v) is 1.83. The van der Waals surface area contributed by atoms with Crippen molar-refractivity contribution in [3.8, 4) is 17.2 Å². The van der Waals surface area contributed by atoms with Crippen LogP contribution in [0.3, 0.4) is 0 Å². The minimum atomic E-state index is -0.167. The predicted molar refractivity (Wildman–Crippen MR) is 58.3 cm³/mol. The van der Waals surface area contributed by atoms with Crippen molar-refractivity contribution >= 4 is 5.84 Å². The molecular formula is C11H12N2O3. The highest BCUT2D eigenvalue weighted by molar-refractivity contribution is 5.88. The van der Waals surface area contributed by atoms with E-state index in [1.54, 1.807) is 18.2 Å². The van der Waals surface area contributed by atoms with Gasteiger partial charge in [-0.2, -0.15) is 0 Å². The van der Waals surface area contributed by atoms with E-state index in [4.69, 9.17) is 9.47 Å². The summed E-state index contributed by atoms with van der Waals surface area (Å²) in [7, 11) is 0. The summed E-state index contributed by atoms with van der Waals surface area (Å²) in [4.78, 5) is 4.30. The molecule has 1 atom stereocenters. The number of rotatable bonds is 1. The summed E-state index contributed by atoms with van der Waals surface area (Å²) in [5.41, 5.74) is 0. The number of ether oxygens (including phenoxy) is 2. The Hall–Kier alpha value is -1.91. The van der Waals surface area contributed by atoms with E-state index in [2.05, 4.69) is 10.3 Å². The highest BCUT2D eigenvalue weighted by Crippen LogP contribution is 2.34. The Morgan fingerprint density at radius 2 is 2.31 bits per heavy atom. The SMILES string of the molecule is Oc1ccc2c(c1)OCC(C1=NCCN1)O2. The topological polar surface area (TPSA) is 63.1 Å². The normalized spacial score (nSPS) is 22.5. The number of aliphatic imine (C=N–C) groups is 1. The lowest BCUT2D eigenvalue weighted by Gasteiger charge is -2.26. The Kier molecular flexibility index (Phi) is 2.09. The smallest absolute Gasteiger partial charge is 0.189 e. The van der Waals surface area contributed by atoms with Crippen LogP contribution in [0.4, 0.5) is 0 Å². The molecule has 1 aromatic rings. The summed E-state index contributed by atoms with van der Waals surface area (Å²) in [6, 6.07) is 4.83. The summed E-state index contributed by atoms with van der Waals surface area (Å²) >= 11 is 0. The molecular weight excluding hydrogens is 208 g/mol. The maximum absolute atomic E-state index is 9.29. The number of amidine groups is 1. The Morgan fingerprint density at radius 3 is 3.12 bits per heavy atom. The van der Waals surface area contributed by atoms with Gasteiger partial charge < -0.3 is 19.9 Å². The van der Waals surface area contributed by atoms with Gasteiger partial charge in [0.2, 0.25) is 0 Å². The highest BCUT2D eigenvalue weighted by Gasteiger charge is 2.27. The van der Waals surface area contributed by atoms with Crippen molar-refractivity contribution in [2.75, 3.05) is 19.7 Å². The third kappa shape index (κ3) is 1.54. The first-order valence-electron chi connectivity index (χ1n) is 5.23. The maximum atomic E-state index is 9.29. The van der Waals surface area contributed by atoms with Crippen LogP contribution in [0.2, 0.25) is 0 Å². The first kappa shape index (κ1) is 9.33. The lowest BCUT2D eigenvalue weighted by atomic mass is 10.2. The molecule has 5 nitrogen and oxygen atoms in total. The summed E-state index contributed by atoms with van der Waals surface area (Å²) < 4.78 is 11.3. The van der Waals surface area contributed by atoms with Crippen LogP contribution in [0.1, 0.15) is 0 Å². The summed E-state index contributed by atoms with van der Waals surface area (Å²) in [5, 5.41) is 12.5. The second-order valence-electron chi connectivity index (χ2n) is 3.74. The molecule has 2 N–H and O–H groups in total. The molecule has 0 radical (unpaired) electrons. The molecule has 0 spiro atoms. The highest BCUT2D eigenvalue weighted by atomic mass is 16.6. The van der Waals surface area contributed by atoms with Crippen LogP contribution in [-0.2, 0) is 0 Å². The third-order valence-electron chi connectivity index (χ3n) is 2.59. The van der Waals surface area contributed by atoms with Gasteiger partial charge in [-0.15, -0.1) is 0 Å². The van der Waals surface area contributed by atoms with E-state index >= 15 is 0 Å². The molecule has 2 aliphatic rings. The van der Waals surface area contributed by atoms with Gasteiger partial charge in [0.1, 0.15) is 18.2 Å². The van der Waals surface area contributed by atoms with Crippen molar-refractivity contribution in [1.29, 1.82) is 0 Å². The van der Waals surface area contributed by atoms with E-state index in [9.17, 15) is 5.11 Å². The third-order valence-corrected chi connectivity index (χ3v) is 2.59. The van der Waals surface area contributed by atoms with E-state index in [-0.39, 0.29) is 11.9 Å². The molecule has 0 aliphatic carbocycles. The van der Waals surface area contributed by atoms with E-state index in [0.29, 0.717) is 18.1 Å². The fourth-order valence-electron chi connectivity index (χ4n) is 1.83. The summed E-state index contributed by atoms with van der Waals surface area (Å²) in [5.74, 6) is 2.25. The Labute approximate surface area is 92.7 Å². The molecule has 84 valence electrons. The van der Waals surface area contributed by atoms with Crippen molar-refractivity contribution < 1.29 is 14.6 Å². The minimum Gasteiger partial charge on any atom is -0.508 e. The Morgan fingerprint density at radius 1 is 1.38 bits per heavy atom. The van der Waals surface area contributed by atoms with Gasteiger partial charge in [-0.1, -0.05) is 0 Å². The summed E-state index contributed by atoms with van der Waals surface area (Å²) in [6.45, 7) is 2.07. The second-order valence-corrected chi connectivity index (χ2v) is 3.74. The van der Waals surface area contributed by atoms with Gasteiger partial charge in [-0.25, -0.2) is 0 Å². The van der Waals surface area contributed by atoms with Crippen LogP contribution in [0.25, 0.3) is 0 Å². The molecule has 2 aliphatic heterocycles. The second kappa shape index (κ2) is 3.59. The van der Waals surface area contributed by atoms with Gasteiger partial charge in [0.15, 0.2) is 17.6 Å². The number of hydrogen-bond acceptors (Lipinski definition) is 5. The van der Waals surface area contributed by atoms with Crippen molar-refractivity contribution in [3.05, 3.63) is 18.2 Å². The zero-order chi connectivity index (χ0) is 11.0. The van der Waals surface area contributed by atoms with Crippen LogP contribution in [0.15, 0.2) is 23.2 Å². The van der Waals surface area contributed by atoms with Gasteiger partial charge in [0.05, 0.1) is 6.54 Å². The fraction of sp³-hybridized carbons (Fsp3) is 0.364. The predicted octanol–water partition coefficient (Wildman–Crippen LogP) is 0.534. The molecule has 3 rings (SSSR count). The number of aromatic hydroxyl groups is 1. The first-order chi connectivity index (χ1) is 7.83. The number of fused-ring (bicyclic) bond motifs is 1. The molecule has 5 heteroatoms. The number of nitrogens with zero attached hydrogens (tertiary/aromatic N) is 1. The quantitative estimate of drug-likeness (QED) is 0.724. The Bertz CT molecular complexity index is 445. The Balaban J connectivity index is 1.83. The summed E-state index contributed by atoms with van der Waals surface area (Å²) in [6.07, 6.45) is -0.167. The molecule has 0 bridgehead atoms. The largest absolute Gasteiger partial charge is 0.508 e. The van der Waals surface area contributed by atoms with Gasteiger partial charge in [-0.3, -0.25) is 4.99 Å². The molecule has 1 aromatic carbocycles. The van der Waals surface area contributed by atoms with Crippen LogP contribution in [-0.4, -0.2) is 36.7 Å². The van der Waals surface area contributed by atoms with Gasteiger partial charge in [-0.05, 0) is 12.1 Å². The van der Waals surface area contributed by atoms with E-state index in [1.165, 1.54) is 0 Å². The van der Waals surface area contributed by atoms with Crippen molar-refractivity contribution in [3.63, 3.8) is 0 Å². The number of phenolic OH excluding ortho intramolecular Hbond substituents is 1. The first-order valence-corrected chi connectivity index (χ1v) is 5.23. The molecule has 2 heterocycles. The van der Waals surface area contributed by atoms with Crippen LogP contribution < -0.4 is 14.8 Å². The van der Waals surface area contributed by atoms with E-state index in [1.807, 2.05) is 0 Å². The van der Waals surface area contributed by atoms with E-state index in [0.717, 1.165) is 18.9 Å². The van der Waals surface area contributed by atoms with Gasteiger partial charge in [0, 0.05) is 12.6 Å². The average molecular weight is 220 g/mol. The standard InChI is InChI=1S/C11H12N2O3/c14-7-1-2-8-9(5-7)15-6-10(16-8)11-12-3-4-13-11/h1-2,5,10,14H,3-4,6H2,(H,12,13). The van der Waals surface area contributed by atoms with E-state index < -0.39 is 0 Å². The minimum absolute atomic E-state index is 0.167. The molecule has 0 saturated carbocycles. The molecule has 0 amide bonds. The molecule has 16 heavy (non-hydrogen) atoms. The molecule has 0 fully saturated rings. The van der Waals surface area contributed by atoms with Gasteiger partial charge in [0.25, 0.3) is 0 Å². The number of nitrogens with one attached hydrogen (secondary N) is 1. The van der Waals surface area contributed by atoms with Crippen LogP contribution in [0, 0.1) is 0 Å². The average Bonchev–Trinajstić information content (AvgIpc) is 2.82. The monoisotopic (exact) mass is 220 g/mol. The zero-order valence-electron chi connectivity index (χ0n) is 8.64. The number of hydrogen-bond donors (Lipinski definition) is 2. The van der Waals surface area contributed by atoms with Crippen molar-refractivity contribution in [2.45, 2.75) is 6.10 Å². The van der Waals surface area contributed by atoms with Crippen LogP contribution in [0.5, 0.6) is 17.2 Å². The number of benzene rings is 1. The molecule has 1 unspecified atom stereocenters. The lowest BCUT2D eigenvalue weighted by Crippen LogP contribution is -2.42. The van der Waals surface area contributed by atoms with Crippen molar-refractivity contribution in [2.24, 2.45) is 4.99 Å². The molecule has 0 saturated heterocycles. The molecule has 0 aromatic heterocycles.